The number of hydrogen-bond donors (Lipinski definition) is 3. The number of thiazole rings is 1. The Balaban J connectivity index is 1.43. The van der Waals surface area contributed by atoms with Crippen molar-refractivity contribution in [1.82, 2.24) is 19.7 Å². The van der Waals surface area contributed by atoms with Crippen molar-refractivity contribution in [3.05, 3.63) is 82.3 Å². The third-order valence-electron chi connectivity index (χ3n) is 5.51. The first-order valence-corrected chi connectivity index (χ1v) is 12.3. The van der Waals surface area contributed by atoms with E-state index in [4.69, 9.17) is 10.8 Å². The second-order valence-electron chi connectivity index (χ2n) is 9.54. The Kier molecular flexibility index (Phi) is 7.16. The molecule has 4 aromatic rings. The van der Waals surface area contributed by atoms with Crippen LogP contribution in [0.5, 0.6) is 0 Å². The van der Waals surface area contributed by atoms with Crippen molar-refractivity contribution in [2.24, 2.45) is 5.73 Å². The fraction of sp³-hybridized carbons (Fsp3) is 0.269. The summed E-state index contributed by atoms with van der Waals surface area (Å²) in [5, 5.41) is 11.0. The van der Waals surface area contributed by atoms with Crippen LogP contribution in [-0.2, 0) is 18.3 Å². The zero-order valence-electron chi connectivity index (χ0n) is 20.7. The highest BCUT2D eigenvalue weighted by Gasteiger charge is 2.22. The molecule has 0 radical (unpaired) electrons. The number of aryl methyl sites for hydroxylation is 3. The molecule has 3 aromatic heterocycles. The van der Waals surface area contributed by atoms with Gasteiger partial charge in [-0.25, -0.2) is 14.5 Å². The summed E-state index contributed by atoms with van der Waals surface area (Å²) in [6.07, 6.45) is 4.72. The van der Waals surface area contributed by atoms with E-state index in [1.807, 2.05) is 43.3 Å². The average molecular weight is 504 g/mol. The quantitative estimate of drug-likeness (QED) is 0.332. The molecule has 36 heavy (non-hydrogen) atoms. The van der Waals surface area contributed by atoms with Gasteiger partial charge < -0.3 is 5.73 Å². The van der Waals surface area contributed by atoms with Gasteiger partial charge in [0.05, 0.1) is 11.4 Å². The van der Waals surface area contributed by atoms with Crippen molar-refractivity contribution in [2.75, 3.05) is 10.6 Å². The van der Waals surface area contributed by atoms with Crippen molar-refractivity contribution < 1.29 is 9.59 Å². The van der Waals surface area contributed by atoms with Gasteiger partial charge in [0.2, 0.25) is 0 Å². The highest BCUT2D eigenvalue weighted by molar-refractivity contribution is 7.15. The van der Waals surface area contributed by atoms with E-state index in [1.54, 1.807) is 23.1 Å². The Morgan fingerprint density at radius 2 is 1.78 bits per heavy atom. The van der Waals surface area contributed by atoms with E-state index < -0.39 is 11.9 Å². The average Bonchev–Trinajstić information content (AvgIpc) is 3.45. The number of pyridine rings is 1. The summed E-state index contributed by atoms with van der Waals surface area (Å²) in [6.45, 7) is 8.26. The summed E-state index contributed by atoms with van der Waals surface area (Å²) in [4.78, 5) is 33.4. The normalized spacial score (nSPS) is 11.3. The summed E-state index contributed by atoms with van der Waals surface area (Å²) in [6, 6.07) is 13.0. The summed E-state index contributed by atoms with van der Waals surface area (Å²) in [5.74, 6) is 0.0199. The van der Waals surface area contributed by atoms with Crippen LogP contribution in [-0.4, -0.2) is 31.7 Å². The van der Waals surface area contributed by atoms with Crippen LogP contribution in [0.3, 0.4) is 0 Å². The molecule has 0 aliphatic carbocycles. The lowest BCUT2D eigenvalue weighted by Gasteiger charge is -2.14. The highest BCUT2D eigenvalue weighted by atomic mass is 32.1. The lowest BCUT2D eigenvalue weighted by Crippen LogP contribution is -2.21. The number of primary amides is 1. The van der Waals surface area contributed by atoms with Crippen LogP contribution in [0.4, 0.5) is 15.7 Å². The first kappa shape index (κ1) is 25.1. The third kappa shape index (κ3) is 6.14. The molecule has 9 nitrogen and oxygen atoms in total. The maximum absolute atomic E-state index is 12.8. The molecule has 0 atom stereocenters. The molecule has 0 bridgehead atoms. The molecule has 0 aliphatic rings. The monoisotopic (exact) mass is 503 g/mol. The number of carbonyl (C=O) groups excluding carboxylic acids is 2. The molecule has 186 valence electrons. The standard InChI is InChI=1S/C26H29N7O2S/c1-16-5-8-18(9-6-16)33-22(14-21(32-33)26(2,3)4)30-24(35)31-25-29-15-19(36-25)10-7-17-11-12-28-20(13-17)23(27)34/h5-6,8-9,11-15H,7,10H2,1-4H3,(H2,27,34)(H2,29,30,31,35). The molecular formula is C26H29N7O2S. The van der Waals surface area contributed by atoms with Gasteiger partial charge in [0, 0.05) is 28.8 Å². The molecule has 0 aliphatic heterocycles. The van der Waals surface area contributed by atoms with Gasteiger partial charge in [-0.15, -0.1) is 11.3 Å². The van der Waals surface area contributed by atoms with Crippen LogP contribution in [0.25, 0.3) is 5.69 Å². The number of anilines is 2. The molecule has 0 unspecified atom stereocenters. The van der Waals surface area contributed by atoms with Crippen LogP contribution in [0.15, 0.2) is 54.9 Å². The number of aromatic nitrogens is 4. The Morgan fingerprint density at radius 1 is 1.03 bits per heavy atom. The number of hydrogen-bond acceptors (Lipinski definition) is 6. The molecule has 0 spiro atoms. The zero-order valence-corrected chi connectivity index (χ0v) is 21.5. The lowest BCUT2D eigenvalue weighted by molar-refractivity contribution is 0.0995. The molecule has 4 rings (SSSR count). The van der Waals surface area contributed by atoms with Crippen molar-refractivity contribution in [3.8, 4) is 5.69 Å². The molecule has 3 amide bonds. The van der Waals surface area contributed by atoms with E-state index in [9.17, 15) is 9.59 Å². The topological polar surface area (TPSA) is 128 Å². The van der Waals surface area contributed by atoms with Gasteiger partial charge in [-0.3, -0.25) is 20.4 Å². The van der Waals surface area contributed by atoms with Crippen LogP contribution in [0.1, 0.15) is 53.0 Å². The molecule has 0 fully saturated rings. The van der Waals surface area contributed by atoms with Crippen molar-refractivity contribution in [3.63, 3.8) is 0 Å². The van der Waals surface area contributed by atoms with Crippen LogP contribution < -0.4 is 16.4 Å². The van der Waals surface area contributed by atoms with E-state index in [1.165, 1.54) is 11.3 Å². The van der Waals surface area contributed by atoms with E-state index in [2.05, 4.69) is 41.4 Å². The maximum Gasteiger partial charge on any atom is 0.326 e. The molecule has 0 saturated heterocycles. The molecule has 10 heteroatoms. The van der Waals surface area contributed by atoms with Crippen molar-refractivity contribution in [2.45, 2.75) is 46.0 Å². The SMILES string of the molecule is Cc1ccc(-n2nc(C(C)(C)C)cc2NC(=O)Nc2ncc(CCc3ccnc(C(N)=O)c3)s2)cc1. The number of nitrogens with one attached hydrogen (secondary N) is 2. The van der Waals surface area contributed by atoms with Gasteiger partial charge in [0.25, 0.3) is 5.91 Å². The smallest absolute Gasteiger partial charge is 0.326 e. The van der Waals surface area contributed by atoms with E-state index in [-0.39, 0.29) is 11.1 Å². The minimum atomic E-state index is -0.550. The Labute approximate surface area is 213 Å². The van der Waals surface area contributed by atoms with E-state index >= 15 is 0 Å². The Bertz CT molecular complexity index is 1380. The minimum absolute atomic E-state index is 0.180. The highest BCUT2D eigenvalue weighted by Crippen LogP contribution is 2.27. The number of amides is 3. The van der Waals surface area contributed by atoms with Gasteiger partial charge >= 0.3 is 6.03 Å². The predicted molar refractivity (Wildman–Crippen MR) is 142 cm³/mol. The van der Waals surface area contributed by atoms with Crippen molar-refractivity contribution in [1.29, 1.82) is 0 Å². The van der Waals surface area contributed by atoms with Gasteiger partial charge in [0.15, 0.2) is 5.13 Å². The van der Waals surface area contributed by atoms with Crippen LogP contribution in [0, 0.1) is 6.92 Å². The number of urea groups is 1. The second kappa shape index (κ2) is 10.3. The first-order chi connectivity index (χ1) is 17.1. The zero-order chi connectivity index (χ0) is 25.9. The molecule has 4 N–H and O–H groups in total. The largest absolute Gasteiger partial charge is 0.364 e. The van der Waals surface area contributed by atoms with Gasteiger partial charge in [-0.1, -0.05) is 38.5 Å². The summed E-state index contributed by atoms with van der Waals surface area (Å²) in [5.41, 5.74) is 9.20. The second-order valence-corrected chi connectivity index (χ2v) is 10.7. The van der Waals surface area contributed by atoms with Crippen LogP contribution in [0.2, 0.25) is 0 Å². The number of nitrogens with two attached hydrogens (primary N) is 1. The fourth-order valence-electron chi connectivity index (χ4n) is 3.48. The van der Waals surface area contributed by atoms with Crippen LogP contribution >= 0.6 is 11.3 Å². The number of nitrogens with zero attached hydrogens (tertiary/aromatic N) is 4. The molecular weight excluding hydrogens is 474 g/mol. The number of benzene rings is 1. The number of rotatable bonds is 7. The van der Waals surface area contributed by atoms with Gasteiger partial charge in [-0.2, -0.15) is 5.10 Å². The summed E-state index contributed by atoms with van der Waals surface area (Å²) in [7, 11) is 0. The Hall–Kier alpha value is -4.05. The summed E-state index contributed by atoms with van der Waals surface area (Å²) >= 11 is 1.40. The lowest BCUT2D eigenvalue weighted by atomic mass is 9.92. The van der Waals surface area contributed by atoms with E-state index in [0.29, 0.717) is 23.8 Å². The maximum atomic E-state index is 12.8. The predicted octanol–water partition coefficient (Wildman–Crippen LogP) is 4.86. The molecule has 3 heterocycles. The van der Waals surface area contributed by atoms with Gasteiger partial charge in [0.1, 0.15) is 11.5 Å². The van der Waals surface area contributed by atoms with Gasteiger partial charge in [-0.05, 0) is 49.6 Å². The summed E-state index contributed by atoms with van der Waals surface area (Å²) < 4.78 is 1.74. The Morgan fingerprint density at radius 3 is 2.47 bits per heavy atom. The fourth-order valence-corrected chi connectivity index (χ4v) is 4.28. The minimum Gasteiger partial charge on any atom is -0.364 e. The molecule has 0 saturated carbocycles. The number of carbonyl (C=O) groups is 2. The third-order valence-corrected chi connectivity index (χ3v) is 6.48. The van der Waals surface area contributed by atoms with E-state index in [0.717, 1.165) is 27.4 Å². The molecule has 1 aromatic carbocycles. The van der Waals surface area contributed by atoms with Crippen molar-refractivity contribution >= 4 is 34.2 Å². The first-order valence-electron chi connectivity index (χ1n) is 11.5.